The SMILES string of the molecule is CC(C)CCOCC(O)c1cccc(C(F)(F)F)c1. The quantitative estimate of drug-likeness (QED) is 0.801. The first-order valence-electron chi connectivity index (χ1n) is 6.23. The minimum atomic E-state index is -4.39. The first-order valence-corrected chi connectivity index (χ1v) is 6.23. The van der Waals surface area contributed by atoms with Crippen LogP contribution in [-0.4, -0.2) is 18.3 Å². The number of ether oxygens (including phenoxy) is 1. The van der Waals surface area contributed by atoms with Crippen molar-refractivity contribution in [3.63, 3.8) is 0 Å². The Labute approximate surface area is 111 Å². The van der Waals surface area contributed by atoms with E-state index in [1.165, 1.54) is 12.1 Å². The molecule has 1 atom stereocenters. The number of aliphatic hydroxyl groups excluding tert-OH is 1. The van der Waals surface area contributed by atoms with Crippen molar-refractivity contribution in [1.82, 2.24) is 0 Å². The van der Waals surface area contributed by atoms with E-state index < -0.39 is 17.8 Å². The van der Waals surface area contributed by atoms with Crippen molar-refractivity contribution < 1.29 is 23.0 Å². The summed E-state index contributed by atoms with van der Waals surface area (Å²) in [5.41, 5.74) is -0.536. The average Bonchev–Trinajstić information content (AvgIpc) is 2.33. The van der Waals surface area contributed by atoms with Crippen molar-refractivity contribution in [2.24, 2.45) is 5.92 Å². The number of alkyl halides is 3. The number of benzene rings is 1. The van der Waals surface area contributed by atoms with Gasteiger partial charge in [0.15, 0.2) is 0 Å². The lowest BCUT2D eigenvalue weighted by Crippen LogP contribution is -2.11. The Morgan fingerprint density at radius 1 is 1.26 bits per heavy atom. The van der Waals surface area contributed by atoms with E-state index in [0.29, 0.717) is 12.5 Å². The predicted octanol–water partition coefficient (Wildman–Crippen LogP) is 3.80. The number of hydrogen-bond acceptors (Lipinski definition) is 2. The van der Waals surface area contributed by atoms with Crippen molar-refractivity contribution in [3.05, 3.63) is 35.4 Å². The molecule has 0 bridgehead atoms. The number of halogens is 3. The molecule has 0 saturated carbocycles. The van der Waals surface area contributed by atoms with Gasteiger partial charge in [0.2, 0.25) is 0 Å². The van der Waals surface area contributed by atoms with Gasteiger partial charge in [-0.15, -0.1) is 0 Å². The largest absolute Gasteiger partial charge is 0.416 e. The van der Waals surface area contributed by atoms with Crippen molar-refractivity contribution in [2.45, 2.75) is 32.5 Å². The Morgan fingerprint density at radius 3 is 2.53 bits per heavy atom. The molecule has 1 N–H and O–H groups in total. The maximum Gasteiger partial charge on any atom is 0.416 e. The third-order valence-electron chi connectivity index (χ3n) is 2.71. The van der Waals surface area contributed by atoms with E-state index in [2.05, 4.69) is 0 Å². The maximum atomic E-state index is 12.5. The molecule has 1 aromatic carbocycles. The summed E-state index contributed by atoms with van der Waals surface area (Å²) in [6.07, 6.45) is -4.57. The van der Waals surface area contributed by atoms with Gasteiger partial charge in [0, 0.05) is 6.61 Å². The molecule has 0 heterocycles. The molecule has 1 aromatic rings. The summed E-state index contributed by atoms with van der Waals surface area (Å²) in [6, 6.07) is 4.69. The van der Waals surface area contributed by atoms with Gasteiger partial charge in [-0.3, -0.25) is 0 Å². The number of rotatable bonds is 6. The molecule has 0 amide bonds. The van der Waals surface area contributed by atoms with Crippen LogP contribution in [-0.2, 0) is 10.9 Å². The third-order valence-corrected chi connectivity index (χ3v) is 2.71. The van der Waals surface area contributed by atoms with E-state index >= 15 is 0 Å². The minimum Gasteiger partial charge on any atom is -0.386 e. The molecule has 1 rings (SSSR count). The summed E-state index contributed by atoms with van der Waals surface area (Å²) < 4.78 is 42.8. The highest BCUT2D eigenvalue weighted by Crippen LogP contribution is 2.30. The molecular formula is C14H19F3O2. The lowest BCUT2D eigenvalue weighted by atomic mass is 10.1. The van der Waals surface area contributed by atoms with Gasteiger partial charge in [-0.1, -0.05) is 26.0 Å². The molecule has 0 radical (unpaired) electrons. The van der Waals surface area contributed by atoms with Gasteiger partial charge in [0.1, 0.15) is 6.10 Å². The minimum absolute atomic E-state index is 0.00797. The van der Waals surface area contributed by atoms with E-state index in [1.54, 1.807) is 0 Å². The topological polar surface area (TPSA) is 29.5 Å². The molecule has 5 heteroatoms. The van der Waals surface area contributed by atoms with Crippen molar-refractivity contribution in [2.75, 3.05) is 13.2 Å². The van der Waals surface area contributed by atoms with Gasteiger partial charge in [-0.25, -0.2) is 0 Å². The fourth-order valence-electron chi connectivity index (χ4n) is 1.53. The highest BCUT2D eigenvalue weighted by Gasteiger charge is 2.30. The van der Waals surface area contributed by atoms with E-state index in [0.717, 1.165) is 18.6 Å². The Morgan fingerprint density at radius 2 is 1.95 bits per heavy atom. The first-order chi connectivity index (χ1) is 8.80. The van der Waals surface area contributed by atoms with Gasteiger partial charge in [-0.2, -0.15) is 13.2 Å². The second kappa shape index (κ2) is 6.91. The van der Waals surface area contributed by atoms with Crippen LogP contribution in [0, 0.1) is 5.92 Å². The first kappa shape index (κ1) is 16.0. The van der Waals surface area contributed by atoms with E-state index in [1.807, 2.05) is 13.8 Å². The Balaban J connectivity index is 2.55. The lowest BCUT2D eigenvalue weighted by molar-refractivity contribution is -0.137. The van der Waals surface area contributed by atoms with E-state index in [-0.39, 0.29) is 12.2 Å². The fourth-order valence-corrected chi connectivity index (χ4v) is 1.53. The molecule has 0 spiro atoms. The smallest absolute Gasteiger partial charge is 0.386 e. The van der Waals surface area contributed by atoms with Crippen LogP contribution in [0.1, 0.15) is 37.5 Å². The Hall–Kier alpha value is -1.07. The second-order valence-electron chi connectivity index (χ2n) is 4.90. The highest BCUT2D eigenvalue weighted by atomic mass is 19.4. The fraction of sp³-hybridized carbons (Fsp3) is 0.571. The van der Waals surface area contributed by atoms with Gasteiger partial charge in [0.25, 0.3) is 0 Å². The van der Waals surface area contributed by atoms with Gasteiger partial charge < -0.3 is 9.84 Å². The van der Waals surface area contributed by atoms with Crippen LogP contribution in [0.3, 0.4) is 0 Å². The maximum absolute atomic E-state index is 12.5. The summed E-state index contributed by atoms with van der Waals surface area (Å²) in [6.45, 7) is 4.60. The summed E-state index contributed by atoms with van der Waals surface area (Å²) in [5, 5.41) is 9.78. The van der Waals surface area contributed by atoms with Crippen molar-refractivity contribution in [1.29, 1.82) is 0 Å². The lowest BCUT2D eigenvalue weighted by Gasteiger charge is -2.14. The zero-order valence-electron chi connectivity index (χ0n) is 11.1. The van der Waals surface area contributed by atoms with Gasteiger partial charge in [0.05, 0.1) is 12.2 Å². The molecular weight excluding hydrogens is 257 g/mol. The van der Waals surface area contributed by atoms with Crippen molar-refractivity contribution in [3.8, 4) is 0 Å². The van der Waals surface area contributed by atoms with Crippen LogP contribution in [0.2, 0.25) is 0 Å². The normalized spacial score (nSPS) is 13.8. The summed E-state index contributed by atoms with van der Waals surface area (Å²) in [7, 11) is 0. The molecule has 0 aliphatic carbocycles. The average molecular weight is 276 g/mol. The molecule has 2 nitrogen and oxygen atoms in total. The molecule has 0 aromatic heterocycles. The van der Waals surface area contributed by atoms with Crippen LogP contribution in [0.25, 0.3) is 0 Å². The molecule has 0 fully saturated rings. The standard InChI is InChI=1S/C14H19F3O2/c1-10(2)6-7-19-9-13(18)11-4-3-5-12(8-11)14(15,16)17/h3-5,8,10,13,18H,6-7,9H2,1-2H3. The molecule has 108 valence electrons. The molecule has 0 aliphatic rings. The summed E-state index contributed by atoms with van der Waals surface area (Å²) in [5.74, 6) is 0.491. The molecule has 1 unspecified atom stereocenters. The number of aliphatic hydroxyl groups is 1. The molecule has 0 saturated heterocycles. The van der Waals surface area contributed by atoms with Crippen LogP contribution < -0.4 is 0 Å². The molecule has 0 aliphatic heterocycles. The molecule has 19 heavy (non-hydrogen) atoms. The zero-order valence-corrected chi connectivity index (χ0v) is 11.1. The highest BCUT2D eigenvalue weighted by molar-refractivity contribution is 5.27. The Kier molecular flexibility index (Phi) is 5.82. The second-order valence-corrected chi connectivity index (χ2v) is 4.90. The van der Waals surface area contributed by atoms with Crippen LogP contribution >= 0.6 is 0 Å². The van der Waals surface area contributed by atoms with E-state index in [4.69, 9.17) is 4.74 Å². The van der Waals surface area contributed by atoms with Gasteiger partial charge in [-0.05, 0) is 30.0 Å². The van der Waals surface area contributed by atoms with E-state index in [9.17, 15) is 18.3 Å². The third kappa shape index (κ3) is 5.61. The Bertz CT molecular complexity index is 389. The number of hydrogen-bond donors (Lipinski definition) is 1. The van der Waals surface area contributed by atoms with Crippen LogP contribution in [0.4, 0.5) is 13.2 Å². The zero-order chi connectivity index (χ0) is 14.5. The van der Waals surface area contributed by atoms with Crippen molar-refractivity contribution >= 4 is 0 Å². The van der Waals surface area contributed by atoms with Gasteiger partial charge >= 0.3 is 6.18 Å². The predicted molar refractivity (Wildman–Crippen MR) is 66.7 cm³/mol. The van der Waals surface area contributed by atoms with Crippen LogP contribution in [0.5, 0.6) is 0 Å². The summed E-state index contributed by atoms with van der Waals surface area (Å²) in [4.78, 5) is 0. The summed E-state index contributed by atoms with van der Waals surface area (Å²) >= 11 is 0. The van der Waals surface area contributed by atoms with Crippen LogP contribution in [0.15, 0.2) is 24.3 Å². The monoisotopic (exact) mass is 276 g/mol.